The van der Waals surface area contributed by atoms with Crippen molar-refractivity contribution in [3.05, 3.63) is 71.7 Å². The molecule has 1 N–H and O–H groups in total. The van der Waals surface area contributed by atoms with E-state index in [2.05, 4.69) is 15.2 Å². The highest BCUT2D eigenvalue weighted by Gasteiger charge is 2.28. The van der Waals surface area contributed by atoms with Crippen molar-refractivity contribution < 1.29 is 13.2 Å². The lowest BCUT2D eigenvalue weighted by Crippen LogP contribution is -2.38. The number of amides is 1. The van der Waals surface area contributed by atoms with Crippen molar-refractivity contribution in [2.24, 2.45) is 0 Å². The molecule has 0 saturated carbocycles. The van der Waals surface area contributed by atoms with Crippen molar-refractivity contribution in [2.75, 3.05) is 40.8 Å². The number of thiazole rings is 1. The minimum absolute atomic E-state index is 0.115. The monoisotopic (exact) mass is 488 g/mol. The zero-order valence-corrected chi connectivity index (χ0v) is 19.8. The van der Waals surface area contributed by atoms with Gasteiger partial charge in [0.1, 0.15) is 6.54 Å². The molecule has 3 aromatic rings. The van der Waals surface area contributed by atoms with Crippen LogP contribution in [0.25, 0.3) is 0 Å². The number of nitrogens with zero attached hydrogens (tertiary/aromatic N) is 3. The third-order valence-electron chi connectivity index (χ3n) is 4.97. The molecule has 0 bridgehead atoms. The van der Waals surface area contributed by atoms with Gasteiger partial charge < -0.3 is 5.32 Å². The highest BCUT2D eigenvalue weighted by molar-refractivity contribution is 7.99. The first-order valence-corrected chi connectivity index (χ1v) is 13.7. The third-order valence-corrected chi connectivity index (χ3v) is 8.57. The van der Waals surface area contributed by atoms with Crippen molar-refractivity contribution in [3.63, 3.8) is 0 Å². The Hall–Kier alpha value is -2.40. The number of rotatable bonds is 8. The smallest absolute Gasteiger partial charge is 0.266 e. The zero-order chi connectivity index (χ0) is 22.4. The summed E-state index contributed by atoms with van der Waals surface area (Å²) >= 11 is 3.14. The van der Waals surface area contributed by atoms with Crippen molar-refractivity contribution in [1.29, 1.82) is 0 Å². The predicted molar refractivity (Wildman–Crippen MR) is 131 cm³/mol. The van der Waals surface area contributed by atoms with Crippen molar-refractivity contribution in [3.8, 4) is 0 Å². The van der Waals surface area contributed by atoms with Crippen LogP contribution in [0.4, 0.5) is 10.8 Å². The molecule has 1 fully saturated rings. The molecule has 1 aromatic heterocycles. The van der Waals surface area contributed by atoms with E-state index in [-0.39, 0.29) is 16.6 Å². The Labute approximate surface area is 196 Å². The lowest BCUT2D eigenvalue weighted by molar-refractivity contribution is -0.114. The summed E-state index contributed by atoms with van der Waals surface area (Å²) in [5.41, 5.74) is 1.76. The number of aromatic nitrogens is 1. The number of thioether (sulfide) groups is 1. The number of nitrogens with one attached hydrogen (secondary N) is 1. The standard InChI is InChI=1S/C22H24N4O3S3/c27-21(24-19-6-4-5-18(15-19)16-25-10-13-30-14-11-25)17-26(22-23-9-12-31-22)32(28,29)20-7-2-1-3-8-20/h1-9,12,15H,10-11,13-14,16-17H2,(H,24,27). The number of sulfonamides is 1. The lowest BCUT2D eigenvalue weighted by Gasteiger charge is -2.26. The molecule has 0 aliphatic carbocycles. The van der Waals surface area contributed by atoms with Crippen LogP contribution in [0.2, 0.25) is 0 Å². The fourth-order valence-electron chi connectivity index (χ4n) is 3.41. The van der Waals surface area contributed by atoms with E-state index in [0.29, 0.717) is 5.69 Å². The maximum Gasteiger partial charge on any atom is 0.266 e. The second kappa shape index (κ2) is 10.5. The van der Waals surface area contributed by atoms with Crippen LogP contribution in [0, 0.1) is 0 Å². The van der Waals surface area contributed by atoms with E-state index in [1.165, 1.54) is 29.7 Å². The van der Waals surface area contributed by atoms with Gasteiger partial charge in [-0.1, -0.05) is 30.3 Å². The average Bonchev–Trinajstić information content (AvgIpc) is 3.33. The summed E-state index contributed by atoms with van der Waals surface area (Å²) in [6.45, 7) is 2.58. The number of hydrogen-bond acceptors (Lipinski definition) is 7. The summed E-state index contributed by atoms with van der Waals surface area (Å²) in [6.07, 6.45) is 1.52. The summed E-state index contributed by atoms with van der Waals surface area (Å²) in [7, 11) is -3.93. The first kappa shape index (κ1) is 22.8. The van der Waals surface area contributed by atoms with Crippen LogP contribution < -0.4 is 9.62 Å². The van der Waals surface area contributed by atoms with Gasteiger partial charge in [0.25, 0.3) is 10.0 Å². The van der Waals surface area contributed by atoms with E-state index >= 15 is 0 Å². The Morgan fingerprint density at radius 1 is 1.09 bits per heavy atom. The summed E-state index contributed by atoms with van der Waals surface area (Å²) in [6, 6.07) is 15.8. The molecule has 0 unspecified atom stereocenters. The maximum absolute atomic E-state index is 13.2. The van der Waals surface area contributed by atoms with Gasteiger partial charge in [-0.3, -0.25) is 9.69 Å². The molecule has 2 aromatic carbocycles. The summed E-state index contributed by atoms with van der Waals surface area (Å²) in [5.74, 6) is 1.85. The predicted octanol–water partition coefficient (Wildman–Crippen LogP) is 3.53. The minimum Gasteiger partial charge on any atom is -0.325 e. The second-order valence-corrected chi connectivity index (χ2v) is 11.2. The van der Waals surface area contributed by atoms with E-state index in [0.717, 1.165) is 41.0 Å². The molecule has 1 amide bonds. The normalized spacial score (nSPS) is 14.8. The Morgan fingerprint density at radius 2 is 1.88 bits per heavy atom. The number of benzene rings is 2. The first-order valence-electron chi connectivity index (χ1n) is 10.2. The molecule has 4 rings (SSSR count). The van der Waals surface area contributed by atoms with Crippen LogP contribution in [0.3, 0.4) is 0 Å². The van der Waals surface area contributed by atoms with Gasteiger partial charge in [0.2, 0.25) is 5.91 Å². The lowest BCUT2D eigenvalue weighted by atomic mass is 10.2. The maximum atomic E-state index is 13.2. The molecule has 0 atom stereocenters. The first-order chi connectivity index (χ1) is 15.5. The van der Waals surface area contributed by atoms with E-state index in [1.54, 1.807) is 23.6 Å². The van der Waals surface area contributed by atoms with E-state index in [4.69, 9.17) is 0 Å². The van der Waals surface area contributed by atoms with Crippen LogP contribution in [0.1, 0.15) is 5.56 Å². The molecule has 2 heterocycles. The van der Waals surface area contributed by atoms with E-state index in [1.807, 2.05) is 36.0 Å². The Bertz CT molecular complexity index is 1130. The molecule has 0 radical (unpaired) electrons. The highest BCUT2D eigenvalue weighted by Crippen LogP contribution is 2.25. The van der Waals surface area contributed by atoms with Gasteiger partial charge in [-0.25, -0.2) is 17.7 Å². The molecule has 168 valence electrons. The molecule has 0 spiro atoms. The average molecular weight is 489 g/mol. The van der Waals surface area contributed by atoms with Crippen LogP contribution in [-0.2, 0) is 21.4 Å². The number of anilines is 2. The Kier molecular flexibility index (Phi) is 7.46. The summed E-state index contributed by atoms with van der Waals surface area (Å²) in [5, 5.41) is 4.78. The van der Waals surface area contributed by atoms with Gasteiger partial charge in [0, 0.05) is 48.4 Å². The second-order valence-electron chi connectivity index (χ2n) is 7.28. The Morgan fingerprint density at radius 3 is 2.59 bits per heavy atom. The van der Waals surface area contributed by atoms with Gasteiger partial charge in [-0.15, -0.1) is 11.3 Å². The quantitative estimate of drug-likeness (QED) is 0.522. The van der Waals surface area contributed by atoms with Gasteiger partial charge in [-0.2, -0.15) is 11.8 Å². The van der Waals surface area contributed by atoms with Crippen LogP contribution in [0.15, 0.2) is 71.1 Å². The molecular weight excluding hydrogens is 464 g/mol. The molecule has 1 saturated heterocycles. The topological polar surface area (TPSA) is 82.6 Å². The number of hydrogen-bond donors (Lipinski definition) is 1. The van der Waals surface area contributed by atoms with Crippen molar-refractivity contribution in [2.45, 2.75) is 11.4 Å². The number of carbonyl (C=O) groups excluding carboxylic acids is 1. The van der Waals surface area contributed by atoms with E-state index in [9.17, 15) is 13.2 Å². The molecule has 7 nitrogen and oxygen atoms in total. The van der Waals surface area contributed by atoms with Crippen LogP contribution in [-0.4, -0.2) is 55.3 Å². The summed E-state index contributed by atoms with van der Waals surface area (Å²) in [4.78, 5) is 19.5. The fraction of sp³-hybridized carbons (Fsp3) is 0.273. The highest BCUT2D eigenvalue weighted by atomic mass is 32.2. The minimum atomic E-state index is -3.93. The molecule has 1 aliphatic rings. The van der Waals surface area contributed by atoms with Gasteiger partial charge >= 0.3 is 0 Å². The molecule has 1 aliphatic heterocycles. The third kappa shape index (κ3) is 5.69. The fourth-order valence-corrected chi connectivity index (χ4v) is 6.66. The molecular formula is C22H24N4O3S3. The molecule has 10 heteroatoms. The SMILES string of the molecule is O=C(CN(c1nccs1)S(=O)(=O)c1ccccc1)Nc1cccc(CN2CCSCC2)c1. The van der Waals surface area contributed by atoms with Crippen molar-refractivity contribution >= 4 is 49.8 Å². The summed E-state index contributed by atoms with van der Waals surface area (Å²) < 4.78 is 27.5. The van der Waals surface area contributed by atoms with Crippen molar-refractivity contribution in [1.82, 2.24) is 9.88 Å². The zero-order valence-electron chi connectivity index (χ0n) is 17.4. The van der Waals surface area contributed by atoms with Gasteiger partial charge in [-0.05, 0) is 29.8 Å². The van der Waals surface area contributed by atoms with Gasteiger partial charge in [0.05, 0.1) is 4.90 Å². The molecule has 32 heavy (non-hydrogen) atoms. The Balaban J connectivity index is 1.48. The number of carbonyl (C=O) groups is 1. The van der Waals surface area contributed by atoms with Gasteiger partial charge in [0.15, 0.2) is 5.13 Å². The largest absolute Gasteiger partial charge is 0.325 e. The van der Waals surface area contributed by atoms with Crippen LogP contribution in [0.5, 0.6) is 0 Å². The van der Waals surface area contributed by atoms with E-state index < -0.39 is 15.9 Å². The van der Waals surface area contributed by atoms with Crippen LogP contribution >= 0.6 is 23.1 Å².